The van der Waals surface area contributed by atoms with Crippen molar-refractivity contribution in [1.82, 2.24) is 4.90 Å². The molecule has 1 heterocycles. The molecule has 3 unspecified atom stereocenters. The molecule has 3 rings (SSSR count). The molecule has 1 aromatic carbocycles. The number of carboxylic acid groups (broad SMARTS) is 1. The molecule has 4 nitrogen and oxygen atoms in total. The van der Waals surface area contributed by atoms with E-state index in [1.807, 2.05) is 18.2 Å². The summed E-state index contributed by atoms with van der Waals surface area (Å²) in [6.45, 7) is 1.49. The number of aliphatic carboxylic acids is 1. The first-order chi connectivity index (χ1) is 10.7. The van der Waals surface area contributed by atoms with E-state index in [1.54, 1.807) is 0 Å². The van der Waals surface area contributed by atoms with Gasteiger partial charge in [-0.05, 0) is 24.3 Å². The minimum absolute atomic E-state index is 0.0289. The van der Waals surface area contributed by atoms with Crippen LogP contribution in [0, 0.1) is 11.8 Å². The highest BCUT2D eigenvalue weighted by atomic mass is 16.4. The van der Waals surface area contributed by atoms with Crippen molar-refractivity contribution in [2.45, 2.75) is 37.6 Å². The van der Waals surface area contributed by atoms with Crippen LogP contribution in [0.2, 0.25) is 0 Å². The van der Waals surface area contributed by atoms with Crippen molar-refractivity contribution < 1.29 is 14.7 Å². The molecule has 3 atom stereocenters. The van der Waals surface area contributed by atoms with E-state index in [0.29, 0.717) is 12.5 Å². The minimum atomic E-state index is -0.734. The molecule has 1 saturated carbocycles. The average molecular weight is 301 g/mol. The number of benzene rings is 1. The molecule has 0 amide bonds. The predicted octanol–water partition coefficient (Wildman–Crippen LogP) is 2.54. The normalized spacial score (nSPS) is 27.3. The van der Waals surface area contributed by atoms with Crippen LogP contribution in [0.25, 0.3) is 0 Å². The van der Waals surface area contributed by atoms with Gasteiger partial charge >= 0.3 is 5.97 Å². The van der Waals surface area contributed by atoms with Crippen molar-refractivity contribution in [2.24, 2.45) is 11.8 Å². The highest BCUT2D eigenvalue weighted by Crippen LogP contribution is 2.39. The molecule has 1 aliphatic heterocycles. The smallest absolute Gasteiger partial charge is 0.304 e. The molecule has 1 N–H and O–H groups in total. The molecule has 0 bridgehead atoms. The third-order valence-electron chi connectivity index (χ3n) is 5.34. The topological polar surface area (TPSA) is 57.6 Å². The second-order valence-electron chi connectivity index (χ2n) is 6.63. The first-order valence-electron chi connectivity index (χ1n) is 8.15. The summed E-state index contributed by atoms with van der Waals surface area (Å²) in [5.74, 6) is -0.0884. The second kappa shape index (κ2) is 6.61. The van der Waals surface area contributed by atoms with E-state index in [4.69, 9.17) is 0 Å². The molecule has 1 aromatic rings. The monoisotopic (exact) mass is 301 g/mol. The highest BCUT2D eigenvalue weighted by molar-refractivity contribution is 5.67. The van der Waals surface area contributed by atoms with Crippen LogP contribution in [0.5, 0.6) is 0 Å². The second-order valence-corrected chi connectivity index (χ2v) is 6.63. The molecular formula is C18H23NO3. The third-order valence-corrected chi connectivity index (χ3v) is 5.34. The number of aldehydes is 1. The van der Waals surface area contributed by atoms with Crippen LogP contribution in [-0.2, 0) is 9.59 Å². The lowest BCUT2D eigenvalue weighted by molar-refractivity contribution is -0.139. The van der Waals surface area contributed by atoms with E-state index < -0.39 is 5.97 Å². The van der Waals surface area contributed by atoms with Gasteiger partial charge in [0.1, 0.15) is 6.29 Å². The van der Waals surface area contributed by atoms with Gasteiger partial charge < -0.3 is 9.90 Å². The van der Waals surface area contributed by atoms with Gasteiger partial charge in [0.2, 0.25) is 0 Å². The van der Waals surface area contributed by atoms with Crippen LogP contribution in [0.3, 0.4) is 0 Å². The Hall–Kier alpha value is -1.68. The summed E-state index contributed by atoms with van der Waals surface area (Å²) < 4.78 is 0. The maximum absolute atomic E-state index is 11.5. The fraction of sp³-hybridized carbons (Fsp3) is 0.556. The molecule has 1 saturated heterocycles. The lowest BCUT2D eigenvalue weighted by atomic mass is 9.78. The molecule has 22 heavy (non-hydrogen) atoms. The molecule has 118 valence electrons. The fourth-order valence-corrected chi connectivity index (χ4v) is 3.92. The highest BCUT2D eigenvalue weighted by Gasteiger charge is 2.41. The quantitative estimate of drug-likeness (QED) is 0.820. The minimum Gasteiger partial charge on any atom is -0.481 e. The SMILES string of the molecule is O=CC1CN(C(CC(=O)O)C2CCC2)CC1c1ccccc1. The molecule has 1 aliphatic carbocycles. The first kappa shape index (κ1) is 15.2. The van der Waals surface area contributed by atoms with Crippen LogP contribution in [-0.4, -0.2) is 41.4 Å². The summed E-state index contributed by atoms with van der Waals surface area (Å²) >= 11 is 0. The van der Waals surface area contributed by atoms with Gasteiger partial charge in [0, 0.05) is 31.0 Å². The number of rotatable bonds is 6. The molecular weight excluding hydrogens is 278 g/mol. The summed E-state index contributed by atoms with van der Waals surface area (Å²) in [7, 11) is 0. The van der Waals surface area contributed by atoms with Crippen LogP contribution in [0.15, 0.2) is 30.3 Å². The number of carbonyl (C=O) groups is 2. The largest absolute Gasteiger partial charge is 0.481 e. The summed E-state index contributed by atoms with van der Waals surface area (Å²) in [4.78, 5) is 25.0. The van der Waals surface area contributed by atoms with E-state index in [0.717, 1.165) is 25.7 Å². The van der Waals surface area contributed by atoms with Crippen LogP contribution in [0.4, 0.5) is 0 Å². The number of carbonyl (C=O) groups excluding carboxylic acids is 1. The van der Waals surface area contributed by atoms with Crippen LogP contribution in [0.1, 0.15) is 37.2 Å². The zero-order valence-electron chi connectivity index (χ0n) is 12.7. The van der Waals surface area contributed by atoms with E-state index >= 15 is 0 Å². The molecule has 0 radical (unpaired) electrons. The summed E-state index contributed by atoms with van der Waals surface area (Å²) in [5.41, 5.74) is 1.18. The van der Waals surface area contributed by atoms with Crippen molar-refractivity contribution >= 4 is 12.3 Å². The van der Waals surface area contributed by atoms with Crippen molar-refractivity contribution in [2.75, 3.05) is 13.1 Å². The van der Waals surface area contributed by atoms with Gasteiger partial charge in [-0.15, -0.1) is 0 Å². The summed E-state index contributed by atoms with van der Waals surface area (Å²) in [5, 5.41) is 9.22. The number of nitrogens with zero attached hydrogens (tertiary/aromatic N) is 1. The number of carboxylic acids is 1. The summed E-state index contributed by atoms with van der Waals surface area (Å²) in [6.07, 6.45) is 4.69. The van der Waals surface area contributed by atoms with Crippen LogP contribution >= 0.6 is 0 Å². The number of hydrogen-bond donors (Lipinski definition) is 1. The fourth-order valence-electron chi connectivity index (χ4n) is 3.92. The van der Waals surface area contributed by atoms with E-state index in [2.05, 4.69) is 17.0 Å². The first-order valence-corrected chi connectivity index (χ1v) is 8.15. The van der Waals surface area contributed by atoms with E-state index in [-0.39, 0.29) is 24.3 Å². The molecule has 4 heteroatoms. The molecule has 2 aliphatic rings. The third kappa shape index (κ3) is 3.07. The Morgan fingerprint density at radius 3 is 2.55 bits per heavy atom. The summed E-state index contributed by atoms with van der Waals surface area (Å²) in [6, 6.07) is 10.2. The zero-order chi connectivity index (χ0) is 15.5. The van der Waals surface area contributed by atoms with Crippen molar-refractivity contribution in [3.63, 3.8) is 0 Å². The number of likely N-dealkylation sites (tertiary alicyclic amines) is 1. The van der Waals surface area contributed by atoms with Crippen LogP contribution < -0.4 is 0 Å². The standard InChI is InChI=1S/C18H23NO3/c20-12-15-10-19(11-16(15)13-5-2-1-3-6-13)17(9-18(21)22)14-7-4-8-14/h1-3,5-6,12,14-17H,4,7-11H2,(H,21,22). The lowest BCUT2D eigenvalue weighted by Gasteiger charge is -2.38. The number of hydrogen-bond acceptors (Lipinski definition) is 3. The Labute approximate surface area is 131 Å². The van der Waals surface area contributed by atoms with Gasteiger partial charge in [0.05, 0.1) is 6.42 Å². The van der Waals surface area contributed by atoms with E-state index in [9.17, 15) is 14.7 Å². The van der Waals surface area contributed by atoms with E-state index in [1.165, 1.54) is 12.0 Å². The van der Waals surface area contributed by atoms with Crippen molar-refractivity contribution in [3.05, 3.63) is 35.9 Å². The van der Waals surface area contributed by atoms with Gasteiger partial charge in [-0.1, -0.05) is 36.8 Å². The zero-order valence-corrected chi connectivity index (χ0v) is 12.7. The van der Waals surface area contributed by atoms with Crippen molar-refractivity contribution in [3.8, 4) is 0 Å². The van der Waals surface area contributed by atoms with Gasteiger partial charge in [0.25, 0.3) is 0 Å². The van der Waals surface area contributed by atoms with Gasteiger partial charge in [-0.25, -0.2) is 0 Å². The maximum Gasteiger partial charge on any atom is 0.304 e. The average Bonchev–Trinajstić information content (AvgIpc) is 2.89. The Morgan fingerprint density at radius 1 is 1.27 bits per heavy atom. The molecule has 0 aromatic heterocycles. The van der Waals surface area contributed by atoms with Gasteiger partial charge in [-0.2, -0.15) is 0 Å². The van der Waals surface area contributed by atoms with Gasteiger partial charge in [-0.3, -0.25) is 9.69 Å². The Kier molecular flexibility index (Phi) is 4.57. The molecule has 2 fully saturated rings. The van der Waals surface area contributed by atoms with Crippen molar-refractivity contribution in [1.29, 1.82) is 0 Å². The molecule has 0 spiro atoms. The Balaban J connectivity index is 1.77. The Bertz CT molecular complexity index is 526. The maximum atomic E-state index is 11.5. The predicted molar refractivity (Wildman–Crippen MR) is 83.7 cm³/mol. The lowest BCUT2D eigenvalue weighted by Crippen LogP contribution is -2.43. The Morgan fingerprint density at radius 2 is 2.00 bits per heavy atom. The van der Waals surface area contributed by atoms with Gasteiger partial charge in [0.15, 0.2) is 0 Å².